The summed E-state index contributed by atoms with van der Waals surface area (Å²) in [6, 6.07) is 2.75. The quantitative estimate of drug-likeness (QED) is 0.871. The van der Waals surface area contributed by atoms with Crippen LogP contribution >= 0.6 is 15.9 Å². The first-order valence-corrected chi connectivity index (χ1v) is 4.47. The largest absolute Gasteiger partial charge is 0.481 e. The molecule has 70 valence electrons. The van der Waals surface area contributed by atoms with Gasteiger partial charge in [-0.2, -0.15) is 0 Å². The summed E-state index contributed by atoms with van der Waals surface area (Å²) in [4.78, 5) is 10.4. The molecule has 0 aliphatic heterocycles. The number of halogens is 2. The van der Waals surface area contributed by atoms with Crippen molar-refractivity contribution in [3.63, 3.8) is 0 Å². The van der Waals surface area contributed by atoms with Crippen molar-refractivity contribution in [1.29, 1.82) is 0 Å². The molecule has 0 aliphatic carbocycles. The van der Waals surface area contributed by atoms with Gasteiger partial charge in [0.15, 0.2) is 0 Å². The predicted molar refractivity (Wildman–Crippen MR) is 50.2 cm³/mol. The van der Waals surface area contributed by atoms with Crippen molar-refractivity contribution in [2.75, 3.05) is 0 Å². The van der Waals surface area contributed by atoms with E-state index < -0.39 is 5.97 Å². The highest BCUT2D eigenvalue weighted by Crippen LogP contribution is 2.23. The Morgan fingerprint density at radius 1 is 1.62 bits per heavy atom. The van der Waals surface area contributed by atoms with Crippen LogP contribution in [-0.2, 0) is 11.2 Å². The molecule has 0 heterocycles. The summed E-state index contributed by atoms with van der Waals surface area (Å²) in [7, 11) is 0. The van der Waals surface area contributed by atoms with Gasteiger partial charge >= 0.3 is 5.97 Å². The first-order valence-electron chi connectivity index (χ1n) is 3.67. The van der Waals surface area contributed by atoms with Crippen molar-refractivity contribution in [3.8, 4) is 0 Å². The molecule has 0 saturated carbocycles. The van der Waals surface area contributed by atoms with E-state index >= 15 is 0 Å². The second kappa shape index (κ2) is 3.87. The third-order valence-electron chi connectivity index (χ3n) is 1.74. The Morgan fingerprint density at radius 3 is 2.77 bits per heavy atom. The zero-order valence-corrected chi connectivity index (χ0v) is 8.56. The third kappa shape index (κ3) is 2.28. The number of carboxylic acids is 1. The first-order chi connectivity index (χ1) is 6.02. The minimum Gasteiger partial charge on any atom is -0.481 e. The summed E-state index contributed by atoms with van der Waals surface area (Å²) < 4.78 is 13.5. The number of aliphatic carboxylic acids is 1. The van der Waals surface area contributed by atoms with Gasteiger partial charge in [-0.25, -0.2) is 4.39 Å². The van der Waals surface area contributed by atoms with E-state index in [9.17, 15) is 9.18 Å². The molecule has 0 aliphatic rings. The zero-order chi connectivity index (χ0) is 10.0. The highest BCUT2D eigenvalue weighted by Gasteiger charge is 2.09. The monoisotopic (exact) mass is 246 g/mol. The highest BCUT2D eigenvalue weighted by molar-refractivity contribution is 9.10. The Labute approximate surface area is 83.5 Å². The molecule has 0 saturated heterocycles. The number of hydrogen-bond donors (Lipinski definition) is 1. The Hall–Kier alpha value is -0.900. The molecule has 1 N–H and O–H groups in total. The van der Waals surface area contributed by atoms with Crippen LogP contribution in [-0.4, -0.2) is 11.1 Å². The van der Waals surface area contributed by atoms with Gasteiger partial charge in [0.1, 0.15) is 5.82 Å². The van der Waals surface area contributed by atoms with Gasteiger partial charge in [0, 0.05) is 4.47 Å². The molecule has 0 spiro atoms. The van der Waals surface area contributed by atoms with E-state index in [1.807, 2.05) is 0 Å². The Morgan fingerprint density at radius 2 is 2.23 bits per heavy atom. The van der Waals surface area contributed by atoms with E-state index in [-0.39, 0.29) is 12.2 Å². The smallest absolute Gasteiger partial charge is 0.307 e. The minimum absolute atomic E-state index is 0.0955. The summed E-state index contributed by atoms with van der Waals surface area (Å²) in [5.41, 5.74) is 1.03. The van der Waals surface area contributed by atoms with E-state index in [0.29, 0.717) is 15.6 Å². The van der Waals surface area contributed by atoms with Gasteiger partial charge in [-0.1, -0.05) is 22.0 Å². The summed E-state index contributed by atoms with van der Waals surface area (Å²) in [6.45, 7) is 1.60. The Kier molecular flexibility index (Phi) is 3.03. The number of rotatable bonds is 2. The van der Waals surface area contributed by atoms with Gasteiger partial charge in [0.2, 0.25) is 0 Å². The lowest BCUT2D eigenvalue weighted by molar-refractivity contribution is -0.136. The van der Waals surface area contributed by atoms with Crippen LogP contribution in [0.1, 0.15) is 11.1 Å². The average molecular weight is 247 g/mol. The van der Waals surface area contributed by atoms with Crippen LogP contribution in [0.4, 0.5) is 4.39 Å². The minimum atomic E-state index is -0.924. The number of benzene rings is 1. The number of hydrogen-bond acceptors (Lipinski definition) is 1. The maximum Gasteiger partial charge on any atom is 0.307 e. The van der Waals surface area contributed by atoms with E-state index in [4.69, 9.17) is 5.11 Å². The second-order valence-electron chi connectivity index (χ2n) is 2.72. The molecule has 0 aromatic heterocycles. The lowest BCUT2D eigenvalue weighted by Crippen LogP contribution is -2.02. The normalized spacial score (nSPS) is 10.1. The van der Waals surface area contributed by atoms with Crippen LogP contribution in [0, 0.1) is 12.7 Å². The van der Waals surface area contributed by atoms with Crippen LogP contribution in [0.3, 0.4) is 0 Å². The molecule has 0 amide bonds. The molecule has 1 aromatic carbocycles. The van der Waals surface area contributed by atoms with Crippen LogP contribution in [0.2, 0.25) is 0 Å². The Balaban J connectivity index is 3.10. The molecule has 1 rings (SSSR count). The molecule has 0 unspecified atom stereocenters. The van der Waals surface area contributed by atoms with Gasteiger partial charge in [0.25, 0.3) is 0 Å². The maximum atomic E-state index is 12.9. The summed E-state index contributed by atoms with van der Waals surface area (Å²) in [6.07, 6.45) is -0.0955. The fourth-order valence-electron chi connectivity index (χ4n) is 1.02. The van der Waals surface area contributed by atoms with E-state index in [2.05, 4.69) is 15.9 Å². The average Bonchev–Trinajstić information content (AvgIpc) is 2.06. The van der Waals surface area contributed by atoms with E-state index in [1.54, 1.807) is 6.92 Å². The molecular weight excluding hydrogens is 239 g/mol. The van der Waals surface area contributed by atoms with Gasteiger partial charge < -0.3 is 5.11 Å². The topological polar surface area (TPSA) is 37.3 Å². The standard InChI is InChI=1S/C9H8BrFO2/c1-5-7(11)3-2-6(9(5)10)4-8(12)13/h2-3H,4H2,1H3,(H,12,13). The first kappa shape index (κ1) is 10.2. The van der Waals surface area contributed by atoms with Crippen LogP contribution in [0.5, 0.6) is 0 Å². The molecule has 0 bridgehead atoms. The lowest BCUT2D eigenvalue weighted by atomic mass is 10.1. The van der Waals surface area contributed by atoms with Gasteiger partial charge in [-0.05, 0) is 24.1 Å². The van der Waals surface area contributed by atoms with Crippen molar-refractivity contribution in [1.82, 2.24) is 0 Å². The maximum absolute atomic E-state index is 12.9. The number of carbonyl (C=O) groups is 1. The zero-order valence-electron chi connectivity index (χ0n) is 6.97. The molecule has 1 aromatic rings. The molecule has 13 heavy (non-hydrogen) atoms. The molecule has 0 radical (unpaired) electrons. The van der Waals surface area contributed by atoms with Crippen LogP contribution in [0.25, 0.3) is 0 Å². The molecule has 4 heteroatoms. The van der Waals surface area contributed by atoms with Crippen molar-refractivity contribution in [2.24, 2.45) is 0 Å². The fourth-order valence-corrected chi connectivity index (χ4v) is 1.48. The van der Waals surface area contributed by atoms with Crippen molar-refractivity contribution >= 4 is 21.9 Å². The van der Waals surface area contributed by atoms with Gasteiger partial charge in [-0.15, -0.1) is 0 Å². The van der Waals surface area contributed by atoms with Crippen molar-refractivity contribution in [2.45, 2.75) is 13.3 Å². The van der Waals surface area contributed by atoms with Gasteiger partial charge in [-0.3, -0.25) is 4.79 Å². The molecule has 0 atom stereocenters. The molecular formula is C9H8BrFO2. The second-order valence-corrected chi connectivity index (χ2v) is 3.51. The fraction of sp³-hybridized carbons (Fsp3) is 0.222. The summed E-state index contributed by atoms with van der Waals surface area (Å²) in [5.74, 6) is -1.26. The van der Waals surface area contributed by atoms with Crippen LogP contribution in [0.15, 0.2) is 16.6 Å². The van der Waals surface area contributed by atoms with Gasteiger partial charge in [0.05, 0.1) is 6.42 Å². The predicted octanol–water partition coefficient (Wildman–Crippen LogP) is 2.52. The lowest BCUT2D eigenvalue weighted by Gasteiger charge is -2.05. The third-order valence-corrected chi connectivity index (χ3v) is 2.85. The van der Waals surface area contributed by atoms with E-state index in [1.165, 1.54) is 12.1 Å². The van der Waals surface area contributed by atoms with Crippen molar-refractivity contribution in [3.05, 3.63) is 33.5 Å². The molecule has 0 fully saturated rings. The highest BCUT2D eigenvalue weighted by atomic mass is 79.9. The summed E-state index contributed by atoms with van der Waals surface area (Å²) >= 11 is 3.16. The van der Waals surface area contributed by atoms with E-state index in [0.717, 1.165) is 0 Å². The summed E-state index contributed by atoms with van der Waals surface area (Å²) in [5, 5.41) is 8.54. The van der Waals surface area contributed by atoms with Crippen molar-refractivity contribution < 1.29 is 14.3 Å². The van der Waals surface area contributed by atoms with Crippen LogP contribution < -0.4 is 0 Å². The molecule has 2 nitrogen and oxygen atoms in total. The number of carboxylic acid groups (broad SMARTS) is 1. The SMILES string of the molecule is Cc1c(F)ccc(CC(=O)O)c1Br. The Bertz CT molecular complexity index is 350.